The Morgan fingerprint density at radius 2 is 1.93 bits per heavy atom. The van der Waals surface area contributed by atoms with Gasteiger partial charge in [0.25, 0.3) is 0 Å². The van der Waals surface area contributed by atoms with Crippen molar-refractivity contribution in [2.24, 2.45) is 0 Å². The molecule has 0 spiro atoms. The third-order valence-electron chi connectivity index (χ3n) is 1.92. The number of benzene rings is 2. The monoisotopic (exact) mass is 194 g/mol. The highest BCUT2D eigenvalue weighted by Crippen LogP contribution is 2.23. The first-order valence-corrected chi connectivity index (χ1v) is 4.53. The summed E-state index contributed by atoms with van der Waals surface area (Å²) in [5, 5.41) is 8.85. The summed E-state index contributed by atoms with van der Waals surface area (Å²) in [7, 11) is 0. The maximum atomic E-state index is 8.85. The average Bonchev–Trinajstić information content (AvgIpc) is 2.31. The van der Waals surface area contributed by atoms with Gasteiger partial charge < -0.3 is 4.74 Å². The summed E-state index contributed by atoms with van der Waals surface area (Å²) in [5.41, 5.74) is 0.487. The van der Waals surface area contributed by atoms with E-state index in [1.165, 1.54) is 0 Å². The van der Waals surface area contributed by atoms with Gasteiger partial charge in [0.2, 0.25) is 0 Å². The van der Waals surface area contributed by atoms with Gasteiger partial charge in [-0.3, -0.25) is 0 Å². The Bertz CT molecular complexity index is 485. The van der Waals surface area contributed by atoms with Gasteiger partial charge in [-0.2, -0.15) is 5.26 Å². The van der Waals surface area contributed by atoms with E-state index in [0.717, 1.165) is 5.75 Å². The van der Waals surface area contributed by atoms with Crippen molar-refractivity contribution in [2.45, 2.75) is 0 Å². The molecule has 0 saturated carbocycles. The van der Waals surface area contributed by atoms with E-state index in [9.17, 15) is 0 Å². The minimum absolute atomic E-state index is 0.487. The number of ether oxygens (including phenoxy) is 1. The molecule has 15 heavy (non-hydrogen) atoms. The van der Waals surface area contributed by atoms with Crippen molar-refractivity contribution in [1.29, 1.82) is 5.26 Å². The molecular formula is C13H8NO. The number of nitrogens with zero attached hydrogens (tertiary/aromatic N) is 1. The summed E-state index contributed by atoms with van der Waals surface area (Å²) < 4.78 is 5.56. The maximum Gasteiger partial charge on any atom is 0.145 e. The van der Waals surface area contributed by atoms with E-state index in [1.807, 2.05) is 30.3 Å². The largest absolute Gasteiger partial charge is 0.456 e. The van der Waals surface area contributed by atoms with Gasteiger partial charge in [0.1, 0.15) is 17.6 Å². The van der Waals surface area contributed by atoms with Crippen LogP contribution in [0, 0.1) is 17.4 Å². The van der Waals surface area contributed by atoms with Gasteiger partial charge in [0, 0.05) is 0 Å². The van der Waals surface area contributed by atoms with Crippen LogP contribution in [0.4, 0.5) is 0 Å². The van der Waals surface area contributed by atoms with Crippen LogP contribution in [0.1, 0.15) is 5.56 Å². The molecule has 0 bridgehead atoms. The van der Waals surface area contributed by atoms with Gasteiger partial charge in [0.15, 0.2) is 0 Å². The smallest absolute Gasteiger partial charge is 0.145 e. The number of hydrogen-bond donors (Lipinski definition) is 0. The first-order chi connectivity index (χ1) is 7.40. The van der Waals surface area contributed by atoms with E-state index in [2.05, 4.69) is 12.1 Å². The minimum atomic E-state index is 0.487. The molecule has 1 radical (unpaired) electrons. The van der Waals surface area contributed by atoms with Crippen molar-refractivity contribution in [3.8, 4) is 17.6 Å². The van der Waals surface area contributed by atoms with Crippen LogP contribution in [0.25, 0.3) is 0 Å². The zero-order valence-corrected chi connectivity index (χ0v) is 7.97. The molecule has 0 aliphatic carbocycles. The summed E-state index contributed by atoms with van der Waals surface area (Å²) in [6.07, 6.45) is 0. The van der Waals surface area contributed by atoms with Crippen molar-refractivity contribution in [3.63, 3.8) is 0 Å². The molecule has 0 N–H and O–H groups in total. The maximum absolute atomic E-state index is 8.85. The quantitative estimate of drug-likeness (QED) is 0.735. The Morgan fingerprint density at radius 3 is 2.67 bits per heavy atom. The Hall–Kier alpha value is -2.27. The van der Waals surface area contributed by atoms with Crippen LogP contribution in [0.15, 0.2) is 48.5 Å². The predicted molar refractivity (Wildman–Crippen MR) is 56.5 cm³/mol. The van der Waals surface area contributed by atoms with Crippen LogP contribution < -0.4 is 4.74 Å². The number of nitriles is 1. The Morgan fingerprint density at radius 1 is 1.13 bits per heavy atom. The van der Waals surface area contributed by atoms with Gasteiger partial charge in [-0.1, -0.05) is 24.3 Å². The third-order valence-corrected chi connectivity index (χ3v) is 1.92. The summed E-state index contributed by atoms with van der Waals surface area (Å²) in [5.74, 6) is 1.28. The molecule has 2 nitrogen and oxygen atoms in total. The highest BCUT2D eigenvalue weighted by Gasteiger charge is 2.02. The Labute approximate surface area is 88.4 Å². The molecule has 0 aliphatic rings. The van der Waals surface area contributed by atoms with Crippen LogP contribution in [0.2, 0.25) is 0 Å². The van der Waals surface area contributed by atoms with Crippen molar-refractivity contribution in [1.82, 2.24) is 0 Å². The molecule has 2 rings (SSSR count). The standard InChI is InChI=1S/C13H8NO/c14-10-11-6-4-5-9-13(11)15-12-7-2-1-3-8-12/h1-3,5-9H. The van der Waals surface area contributed by atoms with Crippen LogP contribution in [-0.4, -0.2) is 0 Å². The fourth-order valence-electron chi connectivity index (χ4n) is 1.21. The molecule has 0 aromatic heterocycles. The van der Waals surface area contributed by atoms with Gasteiger partial charge in [-0.25, -0.2) is 0 Å². The zero-order valence-electron chi connectivity index (χ0n) is 7.97. The van der Waals surface area contributed by atoms with Crippen LogP contribution in [0.5, 0.6) is 11.5 Å². The Balaban J connectivity index is 2.29. The second-order valence-corrected chi connectivity index (χ2v) is 2.95. The SMILES string of the molecule is N#Cc1c[c]ccc1Oc1ccccc1. The molecule has 0 atom stereocenters. The van der Waals surface area contributed by atoms with Gasteiger partial charge >= 0.3 is 0 Å². The summed E-state index contributed by atoms with van der Waals surface area (Å²) in [6, 6.07) is 19.3. The molecule has 71 valence electrons. The van der Waals surface area contributed by atoms with Crippen LogP contribution >= 0.6 is 0 Å². The zero-order chi connectivity index (χ0) is 10.5. The summed E-state index contributed by atoms with van der Waals surface area (Å²) in [6.45, 7) is 0. The molecular weight excluding hydrogens is 186 g/mol. The summed E-state index contributed by atoms with van der Waals surface area (Å²) in [4.78, 5) is 0. The lowest BCUT2D eigenvalue weighted by Gasteiger charge is -2.05. The van der Waals surface area contributed by atoms with Gasteiger partial charge in [-0.05, 0) is 30.3 Å². The van der Waals surface area contributed by atoms with Crippen LogP contribution in [-0.2, 0) is 0 Å². The molecule has 0 amide bonds. The number of rotatable bonds is 2. The topological polar surface area (TPSA) is 33.0 Å². The van der Waals surface area contributed by atoms with E-state index in [0.29, 0.717) is 11.3 Å². The number of para-hydroxylation sites is 1. The third kappa shape index (κ3) is 2.15. The van der Waals surface area contributed by atoms with E-state index >= 15 is 0 Å². The highest BCUT2D eigenvalue weighted by molar-refractivity contribution is 5.44. The predicted octanol–water partition coefficient (Wildman–Crippen LogP) is 3.15. The minimum Gasteiger partial charge on any atom is -0.456 e. The second-order valence-electron chi connectivity index (χ2n) is 2.95. The van der Waals surface area contributed by atoms with Crippen LogP contribution in [0.3, 0.4) is 0 Å². The fraction of sp³-hybridized carbons (Fsp3) is 0. The van der Waals surface area contributed by atoms with Crippen molar-refractivity contribution in [2.75, 3.05) is 0 Å². The van der Waals surface area contributed by atoms with E-state index in [1.54, 1.807) is 18.2 Å². The van der Waals surface area contributed by atoms with E-state index < -0.39 is 0 Å². The Kier molecular flexibility index (Phi) is 2.66. The van der Waals surface area contributed by atoms with Gasteiger partial charge in [0.05, 0.1) is 5.56 Å². The second kappa shape index (κ2) is 4.30. The lowest BCUT2D eigenvalue weighted by atomic mass is 10.2. The average molecular weight is 194 g/mol. The molecule has 2 aromatic rings. The summed E-state index contributed by atoms with van der Waals surface area (Å²) >= 11 is 0. The van der Waals surface area contributed by atoms with E-state index in [4.69, 9.17) is 10.00 Å². The first kappa shape index (κ1) is 9.29. The van der Waals surface area contributed by atoms with Crippen molar-refractivity contribution in [3.05, 3.63) is 60.2 Å². The molecule has 0 unspecified atom stereocenters. The van der Waals surface area contributed by atoms with Crippen molar-refractivity contribution >= 4 is 0 Å². The van der Waals surface area contributed by atoms with Crippen molar-refractivity contribution < 1.29 is 4.74 Å². The molecule has 0 saturated heterocycles. The number of hydrogen-bond acceptors (Lipinski definition) is 2. The molecule has 2 aromatic carbocycles. The molecule has 2 heteroatoms. The first-order valence-electron chi connectivity index (χ1n) is 4.53. The lowest BCUT2D eigenvalue weighted by Crippen LogP contribution is -1.87. The lowest BCUT2D eigenvalue weighted by molar-refractivity contribution is 0.481. The van der Waals surface area contributed by atoms with E-state index in [-0.39, 0.29) is 0 Å². The molecule has 0 heterocycles. The molecule has 0 fully saturated rings. The fourth-order valence-corrected chi connectivity index (χ4v) is 1.21. The molecule has 0 aliphatic heterocycles. The normalized spacial score (nSPS) is 9.27. The highest BCUT2D eigenvalue weighted by atomic mass is 16.5. The van der Waals surface area contributed by atoms with Gasteiger partial charge in [-0.15, -0.1) is 0 Å².